The number of fused-ring (bicyclic) bond motifs is 1. The quantitative estimate of drug-likeness (QED) is 0.532. The molecule has 0 radical (unpaired) electrons. The number of aryl methyl sites for hydroxylation is 1. The summed E-state index contributed by atoms with van der Waals surface area (Å²) in [6.45, 7) is 1.39. The van der Waals surface area contributed by atoms with Crippen molar-refractivity contribution in [1.82, 2.24) is 10.3 Å². The number of hydrogen-bond donors (Lipinski definition) is 0. The van der Waals surface area contributed by atoms with Gasteiger partial charge in [-0.2, -0.15) is 13.2 Å². The molecule has 0 unspecified atom stereocenters. The lowest BCUT2D eigenvalue weighted by Crippen LogP contribution is -2.08. The molecule has 0 saturated heterocycles. The van der Waals surface area contributed by atoms with Crippen LogP contribution in [0.5, 0.6) is 0 Å². The number of non-ortho nitro benzene ring substituents is 1. The predicted molar refractivity (Wildman–Crippen MR) is 77.4 cm³/mol. The molecule has 9 heteroatoms. The summed E-state index contributed by atoms with van der Waals surface area (Å²) in [5.74, 6) is 0. The van der Waals surface area contributed by atoms with Crippen molar-refractivity contribution in [3.8, 4) is 0 Å². The maximum atomic E-state index is 13.0. The van der Waals surface area contributed by atoms with Gasteiger partial charge in [0.1, 0.15) is 5.52 Å². The van der Waals surface area contributed by atoms with Crippen molar-refractivity contribution in [2.45, 2.75) is 19.5 Å². The Balaban J connectivity index is 2.04. The first-order chi connectivity index (χ1) is 11.3. The van der Waals surface area contributed by atoms with E-state index in [0.29, 0.717) is 11.1 Å². The first-order valence-corrected chi connectivity index (χ1v) is 6.82. The minimum Gasteiger partial charge on any atom is -0.258 e. The number of rotatable bonds is 3. The molecule has 0 N–H and O–H groups in total. The number of halogens is 3. The maximum Gasteiger partial charge on any atom is 0.416 e. The number of aromatic nitrogens is 2. The predicted octanol–water partition coefficient (Wildman–Crippen LogP) is 4.05. The van der Waals surface area contributed by atoms with Crippen LogP contribution in [0.15, 0.2) is 35.0 Å². The molecule has 6 nitrogen and oxygen atoms in total. The third-order valence-electron chi connectivity index (χ3n) is 3.68. The Bertz CT molecular complexity index is 935. The second-order valence-electron chi connectivity index (χ2n) is 5.29. The lowest BCUT2D eigenvalue weighted by atomic mass is 9.98. The van der Waals surface area contributed by atoms with E-state index < -0.39 is 16.7 Å². The van der Waals surface area contributed by atoms with E-state index in [4.69, 9.17) is 0 Å². The van der Waals surface area contributed by atoms with Gasteiger partial charge in [0.2, 0.25) is 5.52 Å². The summed E-state index contributed by atoms with van der Waals surface area (Å²) in [5.41, 5.74) is 0.188. The van der Waals surface area contributed by atoms with Crippen molar-refractivity contribution in [1.29, 1.82) is 0 Å². The largest absolute Gasteiger partial charge is 0.416 e. The van der Waals surface area contributed by atoms with Crippen molar-refractivity contribution >= 4 is 16.7 Å². The number of nitro benzene ring substituents is 1. The highest BCUT2D eigenvalue weighted by Crippen LogP contribution is 2.33. The van der Waals surface area contributed by atoms with Gasteiger partial charge in [-0.05, 0) is 52.5 Å². The summed E-state index contributed by atoms with van der Waals surface area (Å²) in [6, 6.07) is 6.71. The van der Waals surface area contributed by atoms with Gasteiger partial charge < -0.3 is 0 Å². The normalized spacial score (nSPS) is 11.8. The number of benzene rings is 2. The zero-order chi connectivity index (χ0) is 17.5. The van der Waals surface area contributed by atoms with Crippen molar-refractivity contribution in [2.75, 3.05) is 0 Å². The van der Waals surface area contributed by atoms with Crippen LogP contribution >= 0.6 is 0 Å². The summed E-state index contributed by atoms with van der Waals surface area (Å²) in [4.78, 5) is 10.3. The lowest BCUT2D eigenvalue weighted by molar-refractivity contribution is -0.383. The summed E-state index contributed by atoms with van der Waals surface area (Å²) in [6.07, 6.45) is -4.33. The maximum absolute atomic E-state index is 13.0. The Morgan fingerprint density at radius 1 is 1.17 bits per heavy atom. The molecular formula is C15H10F3N3O3. The molecule has 0 aliphatic heterocycles. The molecule has 124 valence electrons. The first kappa shape index (κ1) is 15.9. The van der Waals surface area contributed by atoms with Crippen LogP contribution < -0.4 is 0 Å². The fourth-order valence-corrected chi connectivity index (χ4v) is 2.50. The van der Waals surface area contributed by atoms with Crippen LogP contribution in [-0.4, -0.2) is 15.2 Å². The number of nitrogens with zero attached hydrogens (tertiary/aromatic N) is 3. The molecule has 3 aromatic rings. The fraction of sp³-hybridized carbons (Fsp3) is 0.200. The highest BCUT2D eigenvalue weighted by molar-refractivity contribution is 5.86. The van der Waals surface area contributed by atoms with Gasteiger partial charge in [-0.1, -0.05) is 12.1 Å². The molecule has 1 aromatic heterocycles. The zero-order valence-corrected chi connectivity index (χ0v) is 12.3. The van der Waals surface area contributed by atoms with Crippen molar-refractivity contribution < 1.29 is 22.7 Å². The van der Waals surface area contributed by atoms with E-state index in [9.17, 15) is 23.3 Å². The number of nitro groups is 1. The smallest absolute Gasteiger partial charge is 0.258 e. The second kappa shape index (κ2) is 5.59. The molecule has 0 amide bonds. The van der Waals surface area contributed by atoms with Gasteiger partial charge in [-0.25, -0.2) is 4.63 Å². The standard InChI is InChI=1S/C15H10F3N3O3/c1-8-2-3-9(7-11(8)15(16,17)18)6-10-4-5-12(21(22)23)14-13(10)19-24-20-14/h2-5,7H,6H2,1H3. The zero-order valence-electron chi connectivity index (χ0n) is 12.3. The molecule has 0 fully saturated rings. The van der Waals surface area contributed by atoms with Crippen LogP contribution in [0.4, 0.5) is 18.9 Å². The molecular weight excluding hydrogens is 327 g/mol. The van der Waals surface area contributed by atoms with Crippen LogP contribution in [0.25, 0.3) is 11.0 Å². The van der Waals surface area contributed by atoms with Gasteiger partial charge in [-0.3, -0.25) is 10.1 Å². The monoisotopic (exact) mass is 337 g/mol. The van der Waals surface area contributed by atoms with E-state index >= 15 is 0 Å². The molecule has 0 bridgehead atoms. The van der Waals surface area contributed by atoms with E-state index in [1.54, 1.807) is 6.07 Å². The molecule has 0 atom stereocenters. The molecule has 0 aliphatic carbocycles. The van der Waals surface area contributed by atoms with Crippen molar-refractivity contribution in [2.24, 2.45) is 0 Å². The Kier molecular flexibility index (Phi) is 3.70. The van der Waals surface area contributed by atoms with Gasteiger partial charge in [-0.15, -0.1) is 0 Å². The third-order valence-corrected chi connectivity index (χ3v) is 3.68. The Labute approximate surface area is 133 Å². The highest BCUT2D eigenvalue weighted by atomic mass is 19.4. The van der Waals surface area contributed by atoms with Crippen molar-refractivity contribution in [3.05, 3.63) is 62.7 Å². The lowest BCUT2D eigenvalue weighted by Gasteiger charge is -2.12. The average Bonchev–Trinajstić information content (AvgIpc) is 2.97. The van der Waals surface area contributed by atoms with Crippen LogP contribution in [0.3, 0.4) is 0 Å². The molecule has 24 heavy (non-hydrogen) atoms. The van der Waals surface area contributed by atoms with E-state index in [1.165, 1.54) is 25.1 Å². The van der Waals surface area contributed by atoms with Gasteiger partial charge in [0.05, 0.1) is 10.5 Å². The Morgan fingerprint density at radius 2 is 1.88 bits per heavy atom. The van der Waals surface area contributed by atoms with Crippen LogP contribution in [0, 0.1) is 17.0 Å². The van der Waals surface area contributed by atoms with E-state index in [1.807, 2.05) is 0 Å². The van der Waals surface area contributed by atoms with Gasteiger partial charge in [0.25, 0.3) is 0 Å². The summed E-state index contributed by atoms with van der Waals surface area (Å²) in [5, 5.41) is 18.1. The first-order valence-electron chi connectivity index (χ1n) is 6.82. The molecule has 0 spiro atoms. The Morgan fingerprint density at radius 3 is 2.54 bits per heavy atom. The molecule has 3 rings (SSSR count). The SMILES string of the molecule is Cc1ccc(Cc2ccc([N+](=O)[O-])c3nonc23)cc1C(F)(F)F. The summed E-state index contributed by atoms with van der Waals surface area (Å²) in [7, 11) is 0. The van der Waals surface area contributed by atoms with E-state index in [0.717, 1.165) is 6.07 Å². The number of hydrogen-bond acceptors (Lipinski definition) is 5. The Hall–Kier alpha value is -2.97. The molecule has 0 saturated carbocycles. The molecule has 0 aliphatic rings. The van der Waals surface area contributed by atoms with Crippen molar-refractivity contribution in [3.63, 3.8) is 0 Å². The van der Waals surface area contributed by atoms with Gasteiger partial charge in [0.15, 0.2) is 0 Å². The second-order valence-corrected chi connectivity index (χ2v) is 5.29. The van der Waals surface area contributed by atoms with Crippen LogP contribution in [0.1, 0.15) is 22.3 Å². The number of alkyl halides is 3. The minimum atomic E-state index is -4.44. The summed E-state index contributed by atoms with van der Waals surface area (Å²) >= 11 is 0. The molecule has 1 heterocycles. The van der Waals surface area contributed by atoms with E-state index in [-0.39, 0.29) is 28.7 Å². The highest BCUT2D eigenvalue weighted by Gasteiger charge is 2.32. The minimum absolute atomic E-state index is 0.0272. The van der Waals surface area contributed by atoms with Gasteiger partial charge >= 0.3 is 11.9 Å². The average molecular weight is 337 g/mol. The summed E-state index contributed by atoms with van der Waals surface area (Å²) < 4.78 is 43.5. The van der Waals surface area contributed by atoms with Gasteiger partial charge in [0, 0.05) is 6.07 Å². The van der Waals surface area contributed by atoms with E-state index in [2.05, 4.69) is 14.9 Å². The van der Waals surface area contributed by atoms with Crippen LogP contribution in [-0.2, 0) is 12.6 Å². The van der Waals surface area contributed by atoms with Crippen LogP contribution in [0.2, 0.25) is 0 Å². The molecule has 2 aromatic carbocycles. The topological polar surface area (TPSA) is 82.1 Å². The third kappa shape index (κ3) is 2.80. The fourth-order valence-electron chi connectivity index (χ4n) is 2.50.